The molecule has 1 aromatic heterocycles. The van der Waals surface area contributed by atoms with Gasteiger partial charge < -0.3 is 10.2 Å². The maximum absolute atomic E-state index is 12.3. The molecule has 0 radical (unpaired) electrons. The summed E-state index contributed by atoms with van der Waals surface area (Å²) < 4.78 is 1.23. The minimum absolute atomic E-state index is 0.0692. The summed E-state index contributed by atoms with van der Waals surface area (Å²) >= 11 is 0. The zero-order valence-electron chi connectivity index (χ0n) is 19.0. The lowest BCUT2D eigenvalue weighted by Gasteiger charge is -2.26. The fraction of sp³-hybridized carbons (Fsp3) is 0.542. The standard InChI is InChI=1S/C24H36N4O2/c1-18(2)15-27(16-19(3)4)14-6-13-25-23(29)17-28-24(30)12-11-22(26-28)21-9-7-20(5)8-10-21/h7-12,18-19H,6,13-17H2,1-5H3,(H,25,29). The highest BCUT2D eigenvalue weighted by Crippen LogP contribution is 2.15. The smallest absolute Gasteiger partial charge is 0.267 e. The number of hydrogen-bond acceptors (Lipinski definition) is 4. The third kappa shape index (κ3) is 8.11. The number of nitrogens with one attached hydrogen (secondary N) is 1. The normalized spacial score (nSPS) is 11.5. The molecular weight excluding hydrogens is 376 g/mol. The molecule has 1 aromatic carbocycles. The first-order valence-corrected chi connectivity index (χ1v) is 10.9. The van der Waals surface area contributed by atoms with Gasteiger partial charge in [0.15, 0.2) is 0 Å². The number of nitrogens with zero attached hydrogens (tertiary/aromatic N) is 3. The molecule has 0 fully saturated rings. The van der Waals surface area contributed by atoms with Gasteiger partial charge in [-0.1, -0.05) is 57.5 Å². The van der Waals surface area contributed by atoms with Crippen LogP contribution >= 0.6 is 0 Å². The molecule has 6 heteroatoms. The van der Waals surface area contributed by atoms with Crippen molar-refractivity contribution in [3.63, 3.8) is 0 Å². The Labute approximate surface area is 180 Å². The summed E-state index contributed by atoms with van der Waals surface area (Å²) in [5, 5.41) is 7.29. The van der Waals surface area contributed by atoms with Crippen molar-refractivity contribution in [3.8, 4) is 11.3 Å². The van der Waals surface area contributed by atoms with E-state index in [0.717, 1.165) is 37.2 Å². The summed E-state index contributed by atoms with van der Waals surface area (Å²) in [6, 6.07) is 11.1. The molecule has 6 nitrogen and oxygen atoms in total. The van der Waals surface area contributed by atoms with E-state index >= 15 is 0 Å². The lowest BCUT2D eigenvalue weighted by molar-refractivity contribution is -0.121. The van der Waals surface area contributed by atoms with Gasteiger partial charge >= 0.3 is 0 Å². The average molecular weight is 413 g/mol. The summed E-state index contributed by atoms with van der Waals surface area (Å²) in [5.74, 6) is 1.05. The molecule has 0 bridgehead atoms. The van der Waals surface area contributed by atoms with E-state index in [-0.39, 0.29) is 18.0 Å². The van der Waals surface area contributed by atoms with Crippen LogP contribution in [0, 0.1) is 18.8 Å². The summed E-state index contributed by atoms with van der Waals surface area (Å²) in [6.45, 7) is 14.5. The summed E-state index contributed by atoms with van der Waals surface area (Å²) in [5.41, 5.74) is 2.48. The molecule has 0 aliphatic carbocycles. The molecule has 164 valence electrons. The van der Waals surface area contributed by atoms with E-state index in [2.05, 4.69) is 43.0 Å². The highest BCUT2D eigenvalue weighted by atomic mass is 16.2. The molecule has 0 saturated heterocycles. The van der Waals surface area contributed by atoms with Crippen molar-refractivity contribution in [2.75, 3.05) is 26.2 Å². The minimum atomic E-state index is -0.277. The predicted octanol–water partition coefficient (Wildman–Crippen LogP) is 3.34. The fourth-order valence-corrected chi connectivity index (χ4v) is 3.45. The van der Waals surface area contributed by atoms with Crippen LogP contribution in [-0.2, 0) is 11.3 Å². The second-order valence-corrected chi connectivity index (χ2v) is 8.83. The maximum atomic E-state index is 12.3. The van der Waals surface area contributed by atoms with Crippen LogP contribution in [0.3, 0.4) is 0 Å². The average Bonchev–Trinajstić information content (AvgIpc) is 2.66. The first-order valence-electron chi connectivity index (χ1n) is 10.9. The summed E-state index contributed by atoms with van der Waals surface area (Å²) in [4.78, 5) is 26.9. The lowest BCUT2D eigenvalue weighted by atomic mass is 10.1. The van der Waals surface area contributed by atoms with Gasteiger partial charge in [-0.05, 0) is 37.8 Å². The Morgan fingerprint density at radius 3 is 2.27 bits per heavy atom. The molecule has 2 rings (SSSR count). The number of benzene rings is 1. The van der Waals surface area contributed by atoms with Gasteiger partial charge in [0.1, 0.15) is 6.54 Å². The number of aryl methyl sites for hydroxylation is 1. The Balaban J connectivity index is 1.88. The van der Waals surface area contributed by atoms with Gasteiger partial charge in [0.05, 0.1) is 5.69 Å². The fourth-order valence-electron chi connectivity index (χ4n) is 3.45. The number of carbonyl (C=O) groups is 1. The van der Waals surface area contributed by atoms with Gasteiger partial charge in [-0.3, -0.25) is 9.59 Å². The Hall–Kier alpha value is -2.47. The molecule has 0 atom stereocenters. The number of aromatic nitrogens is 2. The number of carbonyl (C=O) groups excluding carboxylic acids is 1. The monoisotopic (exact) mass is 412 g/mol. The van der Waals surface area contributed by atoms with Gasteiger partial charge in [-0.15, -0.1) is 0 Å². The Bertz CT molecular complexity index is 846. The van der Waals surface area contributed by atoms with E-state index < -0.39 is 0 Å². The Morgan fingerprint density at radius 2 is 1.67 bits per heavy atom. The zero-order valence-corrected chi connectivity index (χ0v) is 19.0. The third-order valence-electron chi connectivity index (χ3n) is 4.73. The number of hydrogen-bond donors (Lipinski definition) is 1. The molecule has 1 amide bonds. The zero-order chi connectivity index (χ0) is 22.1. The maximum Gasteiger partial charge on any atom is 0.267 e. The number of amides is 1. The molecule has 0 aliphatic rings. The second-order valence-electron chi connectivity index (χ2n) is 8.83. The van der Waals surface area contributed by atoms with Gasteiger partial charge in [0.2, 0.25) is 5.91 Å². The van der Waals surface area contributed by atoms with E-state index in [1.54, 1.807) is 6.07 Å². The first kappa shape index (κ1) is 23.8. The van der Waals surface area contributed by atoms with Crippen LogP contribution in [-0.4, -0.2) is 46.8 Å². The molecule has 1 N–H and O–H groups in total. The van der Waals surface area contributed by atoms with Crippen LogP contribution in [0.5, 0.6) is 0 Å². The van der Waals surface area contributed by atoms with Crippen LogP contribution in [0.4, 0.5) is 0 Å². The molecule has 0 spiro atoms. The van der Waals surface area contributed by atoms with E-state index in [9.17, 15) is 9.59 Å². The van der Waals surface area contributed by atoms with E-state index in [4.69, 9.17) is 0 Å². The van der Waals surface area contributed by atoms with Crippen molar-refractivity contribution < 1.29 is 4.79 Å². The van der Waals surface area contributed by atoms with Crippen LogP contribution in [0.25, 0.3) is 11.3 Å². The van der Waals surface area contributed by atoms with Crippen molar-refractivity contribution in [2.45, 2.75) is 47.6 Å². The van der Waals surface area contributed by atoms with Gasteiger partial charge in [-0.2, -0.15) is 5.10 Å². The molecule has 0 saturated carbocycles. The van der Waals surface area contributed by atoms with Gasteiger partial charge in [-0.25, -0.2) is 4.68 Å². The van der Waals surface area contributed by atoms with E-state index in [0.29, 0.717) is 24.1 Å². The van der Waals surface area contributed by atoms with Crippen molar-refractivity contribution in [1.82, 2.24) is 20.0 Å². The minimum Gasteiger partial charge on any atom is -0.354 e. The van der Waals surface area contributed by atoms with E-state index in [1.807, 2.05) is 31.2 Å². The van der Waals surface area contributed by atoms with Crippen molar-refractivity contribution in [1.29, 1.82) is 0 Å². The molecule has 1 heterocycles. The third-order valence-corrected chi connectivity index (χ3v) is 4.73. The lowest BCUT2D eigenvalue weighted by Crippen LogP contribution is -2.36. The molecule has 2 aromatic rings. The van der Waals surface area contributed by atoms with Crippen LogP contribution in [0.1, 0.15) is 39.7 Å². The quantitative estimate of drug-likeness (QED) is 0.575. The predicted molar refractivity (Wildman–Crippen MR) is 122 cm³/mol. The summed E-state index contributed by atoms with van der Waals surface area (Å²) in [6.07, 6.45) is 0.886. The summed E-state index contributed by atoms with van der Waals surface area (Å²) in [7, 11) is 0. The highest BCUT2D eigenvalue weighted by Gasteiger charge is 2.11. The van der Waals surface area contributed by atoms with Crippen LogP contribution in [0.2, 0.25) is 0 Å². The largest absolute Gasteiger partial charge is 0.354 e. The van der Waals surface area contributed by atoms with E-state index in [1.165, 1.54) is 10.7 Å². The van der Waals surface area contributed by atoms with Crippen molar-refractivity contribution in [2.24, 2.45) is 11.8 Å². The van der Waals surface area contributed by atoms with Gasteiger partial charge in [0.25, 0.3) is 5.56 Å². The van der Waals surface area contributed by atoms with Crippen LogP contribution in [0.15, 0.2) is 41.2 Å². The topological polar surface area (TPSA) is 67.2 Å². The van der Waals surface area contributed by atoms with Crippen molar-refractivity contribution >= 4 is 5.91 Å². The molecular formula is C24H36N4O2. The molecule has 0 unspecified atom stereocenters. The second kappa shape index (κ2) is 11.6. The molecule has 30 heavy (non-hydrogen) atoms. The number of rotatable bonds is 11. The molecule has 0 aliphatic heterocycles. The van der Waals surface area contributed by atoms with Crippen molar-refractivity contribution in [3.05, 3.63) is 52.3 Å². The van der Waals surface area contributed by atoms with Crippen LogP contribution < -0.4 is 10.9 Å². The van der Waals surface area contributed by atoms with Gasteiger partial charge in [0, 0.05) is 31.3 Å². The Kier molecular flexibility index (Phi) is 9.24. The SMILES string of the molecule is Cc1ccc(-c2ccc(=O)n(CC(=O)NCCCN(CC(C)C)CC(C)C)n2)cc1. The highest BCUT2D eigenvalue weighted by molar-refractivity contribution is 5.75. The first-order chi connectivity index (χ1) is 14.2. The Morgan fingerprint density at radius 1 is 1.03 bits per heavy atom.